The van der Waals surface area contributed by atoms with E-state index in [1.54, 1.807) is 0 Å². The average Bonchev–Trinajstić information content (AvgIpc) is 2.32. The molecule has 0 amide bonds. The predicted octanol–water partition coefficient (Wildman–Crippen LogP) is 0.243. The van der Waals surface area contributed by atoms with E-state index < -0.39 is 0 Å². The van der Waals surface area contributed by atoms with Crippen molar-refractivity contribution in [1.29, 1.82) is 0 Å². The average molecular weight is 130 g/mol. The monoisotopic (exact) mass is 130 g/mol. The van der Waals surface area contributed by atoms with Crippen LogP contribution in [0, 0.1) is 17.3 Å². The second-order valence-corrected chi connectivity index (χ2v) is 3.40. The predicted molar refractivity (Wildman–Crippen MR) is 34.9 cm³/mol. The van der Waals surface area contributed by atoms with E-state index in [1.807, 2.05) is 0 Å². The molecular formula is C7H14O2. The minimum atomic E-state index is 0.184. The van der Waals surface area contributed by atoms with Gasteiger partial charge in [0, 0.05) is 13.2 Å². The van der Waals surface area contributed by atoms with E-state index in [4.69, 9.17) is 10.2 Å². The lowest BCUT2D eigenvalue weighted by molar-refractivity contribution is 0.232. The zero-order valence-electron chi connectivity index (χ0n) is 5.96. The maximum atomic E-state index is 8.73. The fraction of sp³-hybridized carbons (Fsp3) is 1.00. The first-order chi connectivity index (χ1) is 4.14. The standard InChI is InChI=1S/C7H14O2/c1-7(2)5(3-8)6(7)4-9/h5-6,8-9H,3-4H2,1-2H3/t5-,6-/m1/s1. The fourth-order valence-electron chi connectivity index (χ4n) is 1.58. The Balaban J connectivity index is 2.45. The van der Waals surface area contributed by atoms with Crippen molar-refractivity contribution in [3.63, 3.8) is 0 Å². The number of aliphatic hydroxyl groups excluding tert-OH is 2. The molecule has 0 heterocycles. The molecule has 0 aromatic heterocycles. The van der Waals surface area contributed by atoms with E-state index in [-0.39, 0.29) is 18.6 Å². The quantitative estimate of drug-likeness (QED) is 0.562. The normalized spacial score (nSPS) is 38.7. The molecular weight excluding hydrogens is 116 g/mol. The zero-order chi connectivity index (χ0) is 7.07. The summed E-state index contributed by atoms with van der Waals surface area (Å²) in [6.45, 7) is 4.60. The Morgan fingerprint density at radius 1 is 1.11 bits per heavy atom. The third-order valence-corrected chi connectivity index (χ3v) is 2.68. The number of hydrogen-bond acceptors (Lipinski definition) is 2. The van der Waals surface area contributed by atoms with E-state index in [9.17, 15) is 0 Å². The second-order valence-electron chi connectivity index (χ2n) is 3.40. The first kappa shape index (κ1) is 7.03. The largest absolute Gasteiger partial charge is 0.396 e. The lowest BCUT2D eigenvalue weighted by Crippen LogP contribution is -1.94. The van der Waals surface area contributed by atoms with Gasteiger partial charge in [0.2, 0.25) is 0 Å². The molecule has 2 heteroatoms. The highest BCUT2D eigenvalue weighted by Gasteiger charge is 2.56. The maximum absolute atomic E-state index is 8.73. The first-order valence-electron chi connectivity index (χ1n) is 3.36. The van der Waals surface area contributed by atoms with Crippen molar-refractivity contribution in [2.24, 2.45) is 17.3 Å². The van der Waals surface area contributed by atoms with Gasteiger partial charge in [-0.05, 0) is 17.3 Å². The molecule has 0 unspecified atom stereocenters. The Morgan fingerprint density at radius 3 is 1.56 bits per heavy atom. The van der Waals surface area contributed by atoms with E-state index in [2.05, 4.69) is 13.8 Å². The van der Waals surface area contributed by atoms with E-state index in [0.29, 0.717) is 11.8 Å². The molecule has 0 aromatic carbocycles. The van der Waals surface area contributed by atoms with Crippen molar-refractivity contribution in [3.8, 4) is 0 Å². The van der Waals surface area contributed by atoms with Gasteiger partial charge in [0.05, 0.1) is 0 Å². The smallest absolute Gasteiger partial charge is 0.0468 e. The van der Waals surface area contributed by atoms with Crippen LogP contribution >= 0.6 is 0 Å². The third kappa shape index (κ3) is 0.864. The van der Waals surface area contributed by atoms with E-state index >= 15 is 0 Å². The highest BCUT2D eigenvalue weighted by atomic mass is 16.3. The molecule has 0 saturated heterocycles. The second kappa shape index (κ2) is 1.96. The van der Waals surface area contributed by atoms with E-state index in [1.165, 1.54) is 0 Å². The summed E-state index contributed by atoms with van der Waals surface area (Å²) in [7, 11) is 0. The molecule has 2 atom stereocenters. The molecule has 2 nitrogen and oxygen atoms in total. The summed E-state index contributed by atoms with van der Waals surface area (Å²) >= 11 is 0. The van der Waals surface area contributed by atoms with Crippen LogP contribution in [0.5, 0.6) is 0 Å². The van der Waals surface area contributed by atoms with Crippen molar-refractivity contribution < 1.29 is 10.2 Å². The Hall–Kier alpha value is -0.0800. The Labute approximate surface area is 55.5 Å². The highest BCUT2D eigenvalue weighted by Crippen LogP contribution is 2.57. The van der Waals surface area contributed by atoms with Crippen LogP contribution in [-0.4, -0.2) is 23.4 Å². The lowest BCUT2D eigenvalue weighted by Gasteiger charge is -1.97. The van der Waals surface area contributed by atoms with Crippen LogP contribution in [0.25, 0.3) is 0 Å². The van der Waals surface area contributed by atoms with Gasteiger partial charge in [-0.15, -0.1) is 0 Å². The molecule has 1 saturated carbocycles. The van der Waals surface area contributed by atoms with Gasteiger partial charge < -0.3 is 10.2 Å². The van der Waals surface area contributed by atoms with Gasteiger partial charge in [-0.25, -0.2) is 0 Å². The maximum Gasteiger partial charge on any atom is 0.0468 e. The summed E-state index contributed by atoms with van der Waals surface area (Å²) in [5.74, 6) is 0.671. The molecule has 0 radical (unpaired) electrons. The molecule has 0 aliphatic heterocycles. The van der Waals surface area contributed by atoms with Gasteiger partial charge in [-0.1, -0.05) is 13.8 Å². The summed E-state index contributed by atoms with van der Waals surface area (Å²) in [6, 6.07) is 0. The van der Waals surface area contributed by atoms with Crippen LogP contribution in [0.1, 0.15) is 13.8 Å². The number of aliphatic hydroxyl groups is 2. The molecule has 54 valence electrons. The molecule has 1 fully saturated rings. The van der Waals surface area contributed by atoms with Crippen molar-refractivity contribution in [2.45, 2.75) is 13.8 Å². The molecule has 9 heavy (non-hydrogen) atoms. The number of rotatable bonds is 2. The molecule has 2 N–H and O–H groups in total. The van der Waals surface area contributed by atoms with E-state index in [0.717, 1.165) is 0 Å². The summed E-state index contributed by atoms with van der Waals surface area (Å²) < 4.78 is 0. The van der Waals surface area contributed by atoms with Gasteiger partial charge >= 0.3 is 0 Å². The highest BCUT2D eigenvalue weighted by molar-refractivity contribution is 5.03. The Bertz CT molecular complexity index is 97.5. The molecule has 0 bridgehead atoms. The molecule has 0 aromatic rings. The fourth-order valence-corrected chi connectivity index (χ4v) is 1.58. The SMILES string of the molecule is CC1(C)[C@H](CO)[C@H]1CO. The van der Waals surface area contributed by atoms with Crippen LogP contribution in [0.4, 0.5) is 0 Å². The molecule has 1 rings (SSSR count). The minimum absolute atomic E-state index is 0.184. The molecule has 1 aliphatic rings. The van der Waals surface area contributed by atoms with Gasteiger partial charge in [-0.2, -0.15) is 0 Å². The van der Waals surface area contributed by atoms with Crippen molar-refractivity contribution in [1.82, 2.24) is 0 Å². The van der Waals surface area contributed by atoms with Crippen molar-refractivity contribution >= 4 is 0 Å². The first-order valence-corrected chi connectivity index (χ1v) is 3.36. The van der Waals surface area contributed by atoms with Crippen molar-refractivity contribution in [3.05, 3.63) is 0 Å². The van der Waals surface area contributed by atoms with Crippen LogP contribution < -0.4 is 0 Å². The Morgan fingerprint density at radius 2 is 1.44 bits per heavy atom. The summed E-state index contributed by atoms with van der Waals surface area (Å²) in [4.78, 5) is 0. The van der Waals surface area contributed by atoms with Gasteiger partial charge in [0.1, 0.15) is 0 Å². The third-order valence-electron chi connectivity index (χ3n) is 2.68. The summed E-state index contributed by atoms with van der Waals surface area (Å²) in [5, 5.41) is 17.5. The van der Waals surface area contributed by atoms with Gasteiger partial charge in [0.25, 0.3) is 0 Å². The zero-order valence-corrected chi connectivity index (χ0v) is 5.96. The van der Waals surface area contributed by atoms with Gasteiger partial charge in [-0.3, -0.25) is 0 Å². The Kier molecular flexibility index (Phi) is 1.53. The molecule has 1 aliphatic carbocycles. The summed E-state index contributed by atoms with van der Waals surface area (Å²) in [5.41, 5.74) is 0.184. The summed E-state index contributed by atoms with van der Waals surface area (Å²) in [6.07, 6.45) is 0. The van der Waals surface area contributed by atoms with Crippen molar-refractivity contribution in [2.75, 3.05) is 13.2 Å². The minimum Gasteiger partial charge on any atom is -0.396 e. The van der Waals surface area contributed by atoms with Crippen LogP contribution in [0.15, 0.2) is 0 Å². The van der Waals surface area contributed by atoms with Gasteiger partial charge in [0.15, 0.2) is 0 Å². The number of hydrogen-bond donors (Lipinski definition) is 2. The topological polar surface area (TPSA) is 40.5 Å². The lowest BCUT2D eigenvalue weighted by atomic mass is 10.1. The molecule has 0 spiro atoms. The van der Waals surface area contributed by atoms with Crippen LogP contribution in [0.3, 0.4) is 0 Å². The van der Waals surface area contributed by atoms with Crippen LogP contribution in [0.2, 0.25) is 0 Å². The van der Waals surface area contributed by atoms with Crippen LogP contribution in [-0.2, 0) is 0 Å².